The van der Waals surface area contributed by atoms with Crippen molar-refractivity contribution in [3.8, 4) is 11.8 Å². The highest BCUT2D eigenvalue weighted by atomic mass is 32.2. The van der Waals surface area contributed by atoms with Crippen molar-refractivity contribution in [2.45, 2.75) is 56.4 Å². The van der Waals surface area contributed by atoms with Crippen LogP contribution < -0.4 is 9.46 Å². The number of nitrogens with zero attached hydrogens (tertiary/aromatic N) is 1. The van der Waals surface area contributed by atoms with E-state index in [1.807, 2.05) is 6.07 Å². The molecular weight excluding hydrogens is 319 g/mol. The minimum absolute atomic E-state index is 0.103. The fourth-order valence-electron chi connectivity index (χ4n) is 2.73. The van der Waals surface area contributed by atoms with E-state index in [-0.39, 0.29) is 5.56 Å². The molecule has 124 valence electrons. The summed E-state index contributed by atoms with van der Waals surface area (Å²) in [7, 11) is -3.61. The molecule has 1 saturated carbocycles. The molecule has 1 aliphatic carbocycles. The molecule has 0 amide bonds. The van der Waals surface area contributed by atoms with E-state index in [2.05, 4.69) is 4.72 Å². The number of nitriles is 1. The van der Waals surface area contributed by atoms with Crippen LogP contribution >= 0.6 is 0 Å². The van der Waals surface area contributed by atoms with Crippen LogP contribution in [0.5, 0.6) is 5.75 Å². The molecule has 5 nitrogen and oxygen atoms in total. The molecular formula is C16H19FN2O3S. The predicted molar refractivity (Wildman–Crippen MR) is 82.9 cm³/mol. The molecule has 1 unspecified atom stereocenters. The average molecular weight is 338 g/mol. The molecule has 23 heavy (non-hydrogen) atoms. The number of ether oxygens (including phenoxy) is 1. The SMILES string of the molecule is CC(C)(C)S(=O)(=O)NC1CC2(CC2)Oc2c(C#N)cc(F)cc21. The molecule has 1 aliphatic heterocycles. The van der Waals surface area contributed by atoms with Crippen molar-refractivity contribution in [1.82, 2.24) is 4.72 Å². The zero-order valence-corrected chi connectivity index (χ0v) is 14.1. The van der Waals surface area contributed by atoms with E-state index in [1.54, 1.807) is 20.8 Å². The standard InChI is InChI=1S/C16H19FN2O3S/c1-15(2,3)23(20,21)19-13-8-16(4-5-16)22-14-10(9-18)6-11(17)7-12(13)14/h6-7,13,19H,4-5,8H2,1-3H3. The van der Waals surface area contributed by atoms with Crippen molar-refractivity contribution >= 4 is 10.0 Å². The Kier molecular flexibility index (Phi) is 3.47. The number of nitrogens with one attached hydrogen (secondary N) is 1. The van der Waals surface area contributed by atoms with Crippen molar-refractivity contribution < 1.29 is 17.5 Å². The minimum atomic E-state index is -3.61. The smallest absolute Gasteiger partial charge is 0.217 e. The van der Waals surface area contributed by atoms with Crippen molar-refractivity contribution in [3.05, 3.63) is 29.1 Å². The third-order valence-electron chi connectivity index (χ3n) is 4.38. The Morgan fingerprint density at radius 1 is 1.39 bits per heavy atom. The fraction of sp³-hybridized carbons (Fsp3) is 0.562. The Bertz CT molecular complexity index is 802. The van der Waals surface area contributed by atoms with Crippen LogP contribution in [0.25, 0.3) is 0 Å². The zero-order valence-electron chi connectivity index (χ0n) is 13.3. The first-order valence-corrected chi connectivity index (χ1v) is 9.00. The van der Waals surface area contributed by atoms with Gasteiger partial charge in [-0.1, -0.05) is 0 Å². The second-order valence-corrected chi connectivity index (χ2v) is 9.73. The van der Waals surface area contributed by atoms with Gasteiger partial charge in [-0.2, -0.15) is 5.26 Å². The molecule has 3 rings (SSSR count). The maximum atomic E-state index is 13.8. The maximum Gasteiger partial charge on any atom is 0.217 e. The molecule has 7 heteroatoms. The van der Waals surface area contributed by atoms with Gasteiger partial charge >= 0.3 is 0 Å². The third-order valence-corrected chi connectivity index (χ3v) is 6.59. The molecule has 1 spiro atoms. The lowest BCUT2D eigenvalue weighted by molar-refractivity contribution is 0.132. The van der Waals surface area contributed by atoms with Gasteiger partial charge in [-0.25, -0.2) is 17.5 Å². The molecule has 1 heterocycles. The highest BCUT2D eigenvalue weighted by molar-refractivity contribution is 7.90. The molecule has 0 aromatic heterocycles. The lowest BCUT2D eigenvalue weighted by Gasteiger charge is -2.35. The summed E-state index contributed by atoms with van der Waals surface area (Å²) in [5, 5.41) is 9.22. The Labute approximate surface area is 135 Å². The fourth-order valence-corrected chi connectivity index (χ4v) is 3.66. The van der Waals surface area contributed by atoms with Crippen molar-refractivity contribution in [3.63, 3.8) is 0 Å². The highest BCUT2D eigenvalue weighted by Gasteiger charge is 2.52. The van der Waals surface area contributed by atoms with Gasteiger partial charge in [-0.15, -0.1) is 0 Å². The summed E-state index contributed by atoms with van der Waals surface area (Å²) in [5.74, 6) is -0.269. The summed E-state index contributed by atoms with van der Waals surface area (Å²) in [6.45, 7) is 4.82. The topological polar surface area (TPSA) is 79.2 Å². The Morgan fingerprint density at radius 3 is 2.57 bits per heavy atom. The van der Waals surface area contributed by atoms with Crippen LogP contribution in [-0.2, 0) is 10.0 Å². The van der Waals surface area contributed by atoms with Crippen LogP contribution in [0.15, 0.2) is 12.1 Å². The largest absolute Gasteiger partial charge is 0.485 e. The molecule has 0 saturated heterocycles. The van der Waals surface area contributed by atoms with Gasteiger partial charge in [0.1, 0.15) is 23.2 Å². The molecule has 1 fully saturated rings. The van der Waals surface area contributed by atoms with E-state index >= 15 is 0 Å². The van der Waals surface area contributed by atoms with Crippen molar-refractivity contribution in [2.75, 3.05) is 0 Å². The molecule has 2 aliphatic rings. The van der Waals surface area contributed by atoms with E-state index < -0.39 is 32.2 Å². The Morgan fingerprint density at radius 2 is 2.04 bits per heavy atom. The average Bonchev–Trinajstić information content (AvgIpc) is 3.16. The van der Waals surface area contributed by atoms with E-state index in [9.17, 15) is 18.1 Å². The monoisotopic (exact) mass is 338 g/mol. The molecule has 1 atom stereocenters. The second-order valence-electron chi connectivity index (χ2n) is 7.26. The van der Waals surface area contributed by atoms with E-state index in [1.165, 1.54) is 6.07 Å². The lowest BCUT2D eigenvalue weighted by atomic mass is 9.94. The molecule has 1 N–H and O–H groups in total. The molecule has 0 bridgehead atoms. The first-order valence-electron chi connectivity index (χ1n) is 7.51. The van der Waals surface area contributed by atoms with Crippen molar-refractivity contribution in [2.24, 2.45) is 0 Å². The molecule has 0 radical (unpaired) electrons. The van der Waals surface area contributed by atoms with Gasteiger partial charge in [-0.3, -0.25) is 0 Å². The van der Waals surface area contributed by atoms with Gasteiger partial charge in [0, 0.05) is 12.0 Å². The van der Waals surface area contributed by atoms with Gasteiger partial charge in [0.25, 0.3) is 0 Å². The number of rotatable bonds is 2. The maximum absolute atomic E-state index is 13.8. The van der Waals surface area contributed by atoms with Crippen LogP contribution in [0.4, 0.5) is 4.39 Å². The molecule has 1 aromatic carbocycles. The summed E-state index contributed by atoms with van der Waals surface area (Å²) in [5.41, 5.74) is 0.0689. The highest BCUT2D eigenvalue weighted by Crippen LogP contribution is 2.53. The summed E-state index contributed by atoms with van der Waals surface area (Å²) in [6.07, 6.45) is 2.06. The van der Waals surface area contributed by atoms with E-state index in [0.29, 0.717) is 17.7 Å². The number of hydrogen-bond donors (Lipinski definition) is 1. The van der Waals surface area contributed by atoms with Gasteiger partial charge in [0.2, 0.25) is 10.0 Å². The second kappa shape index (κ2) is 4.92. The Balaban J connectivity index is 2.07. The van der Waals surface area contributed by atoms with Crippen LogP contribution in [0, 0.1) is 17.1 Å². The van der Waals surface area contributed by atoms with Crippen LogP contribution in [-0.4, -0.2) is 18.8 Å². The van der Waals surface area contributed by atoms with Crippen LogP contribution in [0.1, 0.15) is 57.2 Å². The third kappa shape index (κ3) is 2.81. The number of sulfonamides is 1. The summed E-state index contributed by atoms with van der Waals surface area (Å²) in [4.78, 5) is 0. The summed E-state index contributed by atoms with van der Waals surface area (Å²) in [6, 6.07) is 3.72. The van der Waals surface area contributed by atoms with Crippen LogP contribution in [0.2, 0.25) is 0 Å². The number of hydrogen-bond acceptors (Lipinski definition) is 4. The minimum Gasteiger partial charge on any atom is -0.485 e. The van der Waals surface area contributed by atoms with Gasteiger partial charge in [-0.05, 0) is 45.7 Å². The first kappa shape index (κ1) is 16.2. The zero-order chi connectivity index (χ0) is 17.0. The van der Waals surface area contributed by atoms with E-state index in [0.717, 1.165) is 18.9 Å². The number of halogens is 1. The quantitative estimate of drug-likeness (QED) is 0.899. The number of fused-ring (bicyclic) bond motifs is 1. The van der Waals surface area contributed by atoms with E-state index in [4.69, 9.17) is 4.74 Å². The van der Waals surface area contributed by atoms with Gasteiger partial charge in [0.05, 0.1) is 16.4 Å². The normalized spacial score (nSPS) is 22.1. The van der Waals surface area contributed by atoms with Crippen LogP contribution in [0.3, 0.4) is 0 Å². The van der Waals surface area contributed by atoms with Gasteiger partial charge in [0.15, 0.2) is 0 Å². The lowest BCUT2D eigenvalue weighted by Crippen LogP contribution is -2.44. The molecule has 1 aromatic rings. The predicted octanol–water partition coefficient (Wildman–Crippen LogP) is 2.77. The first-order chi connectivity index (χ1) is 10.6. The number of benzene rings is 1. The van der Waals surface area contributed by atoms with Gasteiger partial charge < -0.3 is 4.74 Å². The van der Waals surface area contributed by atoms with Crippen molar-refractivity contribution in [1.29, 1.82) is 5.26 Å². The summed E-state index contributed by atoms with van der Waals surface area (Å²) < 4.78 is 46.4. The summed E-state index contributed by atoms with van der Waals surface area (Å²) >= 11 is 0. The Hall–Kier alpha value is -1.65.